The molecule has 2 aromatic carbocycles. The molecule has 3 heterocycles. The van der Waals surface area contributed by atoms with Crippen molar-refractivity contribution >= 4 is 29.3 Å². The molecule has 9 nitrogen and oxygen atoms in total. The van der Waals surface area contributed by atoms with Gasteiger partial charge in [-0.15, -0.1) is 5.10 Å². The summed E-state index contributed by atoms with van der Waals surface area (Å²) < 4.78 is 12.2. The third kappa shape index (κ3) is 4.61. The van der Waals surface area contributed by atoms with E-state index in [1.165, 1.54) is 17.0 Å². The van der Waals surface area contributed by atoms with Crippen molar-refractivity contribution in [2.24, 2.45) is 0 Å². The highest BCUT2D eigenvalue weighted by Crippen LogP contribution is 2.30. The van der Waals surface area contributed by atoms with Gasteiger partial charge in [-0.3, -0.25) is 4.79 Å². The normalized spacial score (nSPS) is 15.5. The van der Waals surface area contributed by atoms with Crippen molar-refractivity contribution in [2.75, 3.05) is 11.5 Å². The van der Waals surface area contributed by atoms with Gasteiger partial charge in [0.05, 0.1) is 6.26 Å². The number of hydrogen-bond donors (Lipinski definition) is 0. The average molecular weight is 470 g/mol. The van der Waals surface area contributed by atoms with Crippen LogP contribution >= 0.6 is 0 Å². The number of aromatic nitrogens is 4. The van der Waals surface area contributed by atoms with Gasteiger partial charge in [0.1, 0.15) is 5.76 Å². The fraction of sp³-hybridized carbons (Fsp3) is 0.192. The molecule has 1 aliphatic rings. The number of para-hydroxylation sites is 1. The van der Waals surface area contributed by atoms with E-state index in [9.17, 15) is 9.59 Å². The molecule has 0 fully saturated rings. The first-order valence-electron chi connectivity index (χ1n) is 11.3. The molecule has 0 saturated carbocycles. The Hall–Kier alpha value is -4.53. The number of aryl methyl sites for hydroxylation is 1. The number of hydrogen-bond acceptors (Lipinski definition) is 7. The zero-order valence-corrected chi connectivity index (χ0v) is 19.1. The van der Waals surface area contributed by atoms with Crippen LogP contribution in [0.3, 0.4) is 0 Å². The predicted octanol–water partition coefficient (Wildman–Crippen LogP) is 3.84. The van der Waals surface area contributed by atoms with Crippen molar-refractivity contribution in [3.05, 3.63) is 84.3 Å². The van der Waals surface area contributed by atoms with E-state index in [0.29, 0.717) is 17.1 Å². The SMILES string of the molecule is CC1CCc2ccccc2N1C(=O)COC(=O)/C(=C/c1ccco1)n1nnnc1-c1ccccc1. The summed E-state index contributed by atoms with van der Waals surface area (Å²) in [6, 6.07) is 20.4. The van der Waals surface area contributed by atoms with Gasteiger partial charge < -0.3 is 14.1 Å². The number of carbonyl (C=O) groups excluding carboxylic acids is 2. The van der Waals surface area contributed by atoms with Crippen molar-refractivity contribution in [3.8, 4) is 11.4 Å². The maximum absolute atomic E-state index is 13.2. The quantitative estimate of drug-likeness (QED) is 0.312. The number of furan rings is 1. The second-order valence-electron chi connectivity index (χ2n) is 8.18. The van der Waals surface area contributed by atoms with Gasteiger partial charge in [0.15, 0.2) is 18.1 Å². The van der Waals surface area contributed by atoms with E-state index in [4.69, 9.17) is 9.15 Å². The molecule has 1 aliphatic heterocycles. The lowest BCUT2D eigenvalue weighted by Gasteiger charge is -2.35. The van der Waals surface area contributed by atoms with Gasteiger partial charge in [-0.25, -0.2) is 4.79 Å². The molecule has 9 heteroatoms. The number of benzene rings is 2. The minimum absolute atomic E-state index is 0.00145. The van der Waals surface area contributed by atoms with Crippen LogP contribution in [0.4, 0.5) is 5.69 Å². The summed E-state index contributed by atoms with van der Waals surface area (Å²) in [6.45, 7) is 1.57. The van der Waals surface area contributed by atoms with Crippen molar-refractivity contribution in [1.82, 2.24) is 20.2 Å². The van der Waals surface area contributed by atoms with Crippen molar-refractivity contribution in [3.63, 3.8) is 0 Å². The van der Waals surface area contributed by atoms with Crippen LogP contribution in [0.1, 0.15) is 24.7 Å². The Morgan fingerprint density at radius 2 is 1.89 bits per heavy atom. The van der Waals surface area contributed by atoms with Crippen LogP contribution in [-0.2, 0) is 20.7 Å². The number of amides is 1. The number of anilines is 1. The van der Waals surface area contributed by atoms with Gasteiger partial charge in [0, 0.05) is 23.4 Å². The van der Waals surface area contributed by atoms with E-state index >= 15 is 0 Å². The maximum Gasteiger partial charge on any atom is 0.357 e. The second-order valence-corrected chi connectivity index (χ2v) is 8.18. The van der Waals surface area contributed by atoms with E-state index in [0.717, 1.165) is 24.1 Å². The lowest BCUT2D eigenvalue weighted by molar-refractivity contribution is -0.142. The Morgan fingerprint density at radius 1 is 1.09 bits per heavy atom. The highest BCUT2D eigenvalue weighted by Gasteiger charge is 2.29. The standard InChI is InChI=1S/C26H23N5O4/c1-18-13-14-19-8-5-6-12-22(19)30(18)24(32)17-35-26(33)23(16-21-11-7-15-34-21)31-25(27-28-29-31)20-9-3-2-4-10-20/h2-12,15-16,18H,13-14,17H2,1H3/b23-16-. The fourth-order valence-corrected chi connectivity index (χ4v) is 4.17. The molecule has 1 amide bonds. The molecule has 0 radical (unpaired) electrons. The Balaban J connectivity index is 1.41. The zero-order chi connectivity index (χ0) is 24.2. The van der Waals surface area contributed by atoms with Crippen molar-refractivity contribution in [2.45, 2.75) is 25.8 Å². The zero-order valence-electron chi connectivity index (χ0n) is 19.1. The Labute approximate surface area is 201 Å². The molecule has 2 aromatic heterocycles. The summed E-state index contributed by atoms with van der Waals surface area (Å²) in [5, 5.41) is 11.8. The molecule has 0 saturated heterocycles. The first kappa shape index (κ1) is 22.3. The highest BCUT2D eigenvalue weighted by atomic mass is 16.5. The molecule has 4 aromatic rings. The van der Waals surface area contributed by atoms with Crippen LogP contribution in [0.15, 0.2) is 77.4 Å². The second kappa shape index (κ2) is 9.76. The summed E-state index contributed by atoms with van der Waals surface area (Å²) in [4.78, 5) is 28.1. The summed E-state index contributed by atoms with van der Waals surface area (Å²) in [6.07, 6.45) is 4.71. The number of fused-ring (bicyclic) bond motifs is 1. The highest BCUT2D eigenvalue weighted by molar-refractivity contribution is 6.16. The van der Waals surface area contributed by atoms with Gasteiger partial charge in [-0.2, -0.15) is 4.68 Å². The fourth-order valence-electron chi connectivity index (χ4n) is 4.17. The number of rotatable bonds is 6. The average Bonchev–Trinajstić information content (AvgIpc) is 3.58. The first-order chi connectivity index (χ1) is 17.1. The molecule has 1 atom stereocenters. The number of nitrogens with zero attached hydrogens (tertiary/aromatic N) is 5. The summed E-state index contributed by atoms with van der Waals surface area (Å²) >= 11 is 0. The predicted molar refractivity (Wildman–Crippen MR) is 129 cm³/mol. The lowest BCUT2D eigenvalue weighted by Crippen LogP contribution is -2.44. The minimum atomic E-state index is -0.753. The van der Waals surface area contributed by atoms with E-state index in [1.807, 2.05) is 61.5 Å². The Kier molecular flexibility index (Phi) is 6.21. The molecular formula is C26H23N5O4. The molecule has 1 unspecified atom stereocenters. The third-order valence-electron chi connectivity index (χ3n) is 5.88. The van der Waals surface area contributed by atoms with E-state index in [-0.39, 0.29) is 17.6 Å². The molecule has 176 valence electrons. The van der Waals surface area contributed by atoms with E-state index in [1.54, 1.807) is 17.0 Å². The van der Waals surface area contributed by atoms with Crippen LogP contribution in [0.2, 0.25) is 0 Å². The Bertz CT molecular complexity index is 1360. The molecule has 5 rings (SSSR count). The summed E-state index contributed by atoms with van der Waals surface area (Å²) in [7, 11) is 0. The lowest BCUT2D eigenvalue weighted by atomic mass is 9.96. The van der Waals surface area contributed by atoms with Crippen LogP contribution in [0.5, 0.6) is 0 Å². The first-order valence-corrected chi connectivity index (χ1v) is 11.3. The number of esters is 1. The van der Waals surface area contributed by atoms with Gasteiger partial charge >= 0.3 is 5.97 Å². The maximum atomic E-state index is 13.2. The van der Waals surface area contributed by atoms with Crippen LogP contribution in [-0.4, -0.2) is 44.7 Å². The van der Waals surface area contributed by atoms with Gasteiger partial charge in [-0.05, 0) is 54.0 Å². The largest absolute Gasteiger partial charge is 0.465 e. The van der Waals surface area contributed by atoms with Crippen molar-refractivity contribution in [1.29, 1.82) is 0 Å². The molecule has 0 aliphatic carbocycles. The molecule has 0 bridgehead atoms. The number of carbonyl (C=O) groups is 2. The molecular weight excluding hydrogens is 446 g/mol. The molecule has 35 heavy (non-hydrogen) atoms. The van der Waals surface area contributed by atoms with Crippen LogP contribution < -0.4 is 4.90 Å². The molecule has 0 N–H and O–H groups in total. The minimum Gasteiger partial charge on any atom is -0.465 e. The van der Waals surface area contributed by atoms with Gasteiger partial charge in [0.25, 0.3) is 5.91 Å². The third-order valence-corrected chi connectivity index (χ3v) is 5.88. The summed E-state index contributed by atoms with van der Waals surface area (Å²) in [5.41, 5.74) is 2.68. The van der Waals surface area contributed by atoms with E-state index in [2.05, 4.69) is 15.5 Å². The number of ether oxygens (including phenoxy) is 1. The van der Waals surface area contributed by atoms with E-state index < -0.39 is 12.6 Å². The van der Waals surface area contributed by atoms with Gasteiger partial charge in [0.2, 0.25) is 0 Å². The molecule has 0 spiro atoms. The Morgan fingerprint density at radius 3 is 2.69 bits per heavy atom. The van der Waals surface area contributed by atoms with Crippen molar-refractivity contribution < 1.29 is 18.7 Å². The van der Waals surface area contributed by atoms with Crippen LogP contribution in [0, 0.1) is 0 Å². The van der Waals surface area contributed by atoms with Gasteiger partial charge in [-0.1, -0.05) is 48.5 Å². The van der Waals surface area contributed by atoms with Crippen LogP contribution in [0.25, 0.3) is 23.2 Å². The smallest absolute Gasteiger partial charge is 0.357 e. The number of tetrazole rings is 1. The topological polar surface area (TPSA) is 103 Å². The monoisotopic (exact) mass is 469 g/mol. The summed E-state index contributed by atoms with van der Waals surface area (Å²) in [5.74, 6) is -0.283.